The minimum absolute atomic E-state index is 0.0154. The van der Waals surface area contributed by atoms with Crippen LogP contribution < -0.4 is 93.3 Å². The van der Waals surface area contributed by atoms with E-state index in [1.807, 2.05) is 13.8 Å². The van der Waals surface area contributed by atoms with Crippen LogP contribution in [0.1, 0.15) is 149 Å². The van der Waals surface area contributed by atoms with E-state index in [0.29, 0.717) is 56.2 Å². The van der Waals surface area contributed by atoms with Gasteiger partial charge in [-0.1, -0.05) is 90.4 Å². The number of hydrogen-bond acceptors (Lipinski definition) is 18. The molecule has 0 radical (unpaired) electrons. The summed E-state index contributed by atoms with van der Waals surface area (Å²) in [5.41, 5.74) is 41.3. The van der Waals surface area contributed by atoms with Gasteiger partial charge in [-0.3, -0.25) is 62.7 Å². The number of likely N-dealkylation sites (tertiary alicyclic amines) is 1. The molecule has 0 saturated carbocycles. The maximum Gasteiger partial charge on any atom is 0.326 e. The molecule has 34 nitrogen and oxygen atoms in total. The number of carboxylic acid groups (broad SMARTS) is 1. The number of aliphatic imine (C=N–C) groups is 2. The zero-order chi connectivity index (χ0) is 76.7. The first-order valence-electron chi connectivity index (χ1n) is 35.5. The highest BCUT2D eigenvalue weighted by Gasteiger charge is 2.41. The van der Waals surface area contributed by atoms with Crippen molar-refractivity contribution in [2.45, 2.75) is 211 Å². The average Bonchev–Trinajstić information content (AvgIpc) is 1.75. The van der Waals surface area contributed by atoms with Crippen molar-refractivity contribution in [2.75, 3.05) is 45.8 Å². The summed E-state index contributed by atoms with van der Waals surface area (Å²) < 4.78 is 0. The number of amides is 11. The first kappa shape index (κ1) is 87.5. The Bertz CT molecular complexity index is 3130. The van der Waals surface area contributed by atoms with Crippen LogP contribution in [-0.2, 0) is 70.4 Å². The highest BCUT2D eigenvalue weighted by Crippen LogP contribution is 2.22. The summed E-state index contributed by atoms with van der Waals surface area (Å²) >= 11 is 0. The first-order chi connectivity index (χ1) is 48.9. The summed E-state index contributed by atoms with van der Waals surface area (Å²) in [6.45, 7) is 10.3. The van der Waals surface area contributed by atoms with Gasteiger partial charge in [0.1, 0.15) is 60.1 Å². The number of aromatic hydroxyl groups is 1. The Balaban J connectivity index is 1.91. The van der Waals surface area contributed by atoms with Crippen LogP contribution in [0.2, 0.25) is 0 Å². The number of nitrogens with one attached hydrogen (secondary N) is 10. The fraction of sp³-hybridized carbons (Fsp3) is 0.623. The zero-order valence-electron chi connectivity index (χ0n) is 60.3. The largest absolute Gasteiger partial charge is 0.508 e. The third-order valence-corrected chi connectivity index (χ3v) is 17.1. The summed E-state index contributed by atoms with van der Waals surface area (Å²) in [6.07, 6.45) is 3.14. The second-order valence-electron chi connectivity index (χ2n) is 26.8. The van der Waals surface area contributed by atoms with E-state index in [0.717, 1.165) is 0 Å². The van der Waals surface area contributed by atoms with Crippen LogP contribution in [0.4, 0.5) is 0 Å². The van der Waals surface area contributed by atoms with Gasteiger partial charge in [0, 0.05) is 26.1 Å². The van der Waals surface area contributed by atoms with E-state index in [1.165, 1.54) is 17.0 Å². The highest BCUT2D eigenvalue weighted by atomic mass is 16.4. The lowest BCUT2D eigenvalue weighted by Crippen LogP contribution is -2.61. The number of guanidine groups is 2. The number of carbonyl (C=O) groups is 12. The van der Waals surface area contributed by atoms with Crippen LogP contribution in [0.5, 0.6) is 5.75 Å². The van der Waals surface area contributed by atoms with Gasteiger partial charge in [-0.05, 0) is 150 Å². The van der Waals surface area contributed by atoms with Crippen molar-refractivity contribution in [1.29, 1.82) is 0 Å². The van der Waals surface area contributed by atoms with Crippen LogP contribution >= 0.6 is 0 Å². The Labute approximate surface area is 602 Å². The number of phenolic OH excluding ortho intramolecular Hbond substituents is 1. The number of phenols is 1. The van der Waals surface area contributed by atoms with Gasteiger partial charge in [0.2, 0.25) is 65.0 Å². The summed E-state index contributed by atoms with van der Waals surface area (Å²) in [5, 5.41) is 46.1. The first-order valence-corrected chi connectivity index (χ1v) is 35.5. The lowest BCUT2D eigenvalue weighted by atomic mass is 9.96. The molecule has 1 heterocycles. The second-order valence-corrected chi connectivity index (χ2v) is 26.8. The summed E-state index contributed by atoms with van der Waals surface area (Å²) in [6, 6.07) is 2.12. The fourth-order valence-corrected chi connectivity index (χ4v) is 11.4. The van der Waals surface area contributed by atoms with Gasteiger partial charge < -0.3 is 108 Å². The van der Waals surface area contributed by atoms with Gasteiger partial charge in [-0.2, -0.15) is 0 Å². The Hall–Kier alpha value is -9.70. The van der Waals surface area contributed by atoms with Crippen LogP contribution in [0, 0.1) is 17.8 Å². The molecule has 11 atom stereocenters. The van der Waals surface area contributed by atoms with Crippen molar-refractivity contribution in [1.82, 2.24) is 58.1 Å². The van der Waals surface area contributed by atoms with E-state index in [4.69, 9.17) is 40.1 Å². The monoisotopic (exact) mass is 1450 g/mol. The minimum Gasteiger partial charge on any atom is -0.508 e. The Morgan fingerprint density at radius 2 is 0.981 bits per heavy atom. The van der Waals surface area contributed by atoms with Gasteiger partial charge in [0.15, 0.2) is 11.9 Å². The van der Waals surface area contributed by atoms with Crippen molar-refractivity contribution in [2.24, 2.45) is 67.9 Å². The summed E-state index contributed by atoms with van der Waals surface area (Å²) in [7, 11) is 0. The number of carboxylic acids is 1. The molecule has 26 N–H and O–H groups in total. The standard InChI is InChI=1S/C69H114N20O14/c1-7-42(6)57(65(100)84-49(23-16-32-78-69(75)76)66(101)89-33-17-24-54(89)64(99)83-47(20-11-13-29-70)59(94)86-52(35-41(4)5)62(97)85-50(67(102)103)21-12-14-30-71)88-60(95)48(22-15-31-77-68(73)74)82-61(96)51(34-40(2)3)87-63(98)53(37-43-18-9-8-10-19-43)81-56(92)39-79-55(91)38-80-58(93)46(72)36-44-25-27-45(90)28-26-44/h8-10,18-19,25-28,40-42,46-54,57,90H,7,11-17,20-24,29-39,70-72H2,1-6H3,(H,79,91)(H,80,93)(H,81,92)(H,82,96)(H,83,99)(H,84,100)(H,85,97)(H,86,94)(H,87,98)(H,88,95)(H,102,103)(H4,73,74,77)(H4,75,76,78)/t42-,46-,47-,48-,49-,50-,51-,52-,53-,54-,57-/m0/s1. The predicted molar refractivity (Wildman–Crippen MR) is 388 cm³/mol. The number of aliphatic carboxylic acids is 1. The molecule has 1 aliphatic heterocycles. The molecule has 1 saturated heterocycles. The molecular weight excluding hydrogens is 1330 g/mol. The molecule has 0 spiro atoms. The van der Waals surface area contributed by atoms with Crippen LogP contribution in [-0.4, -0.2) is 204 Å². The fourth-order valence-electron chi connectivity index (χ4n) is 11.4. The molecule has 2 aromatic carbocycles. The normalized spacial score (nSPS) is 15.5. The molecule has 0 aliphatic carbocycles. The van der Waals surface area contributed by atoms with Crippen molar-refractivity contribution < 1.29 is 67.7 Å². The lowest BCUT2D eigenvalue weighted by Gasteiger charge is -2.32. The van der Waals surface area contributed by atoms with Crippen molar-refractivity contribution in [3.8, 4) is 5.75 Å². The molecule has 2 aromatic rings. The summed E-state index contributed by atoms with van der Waals surface area (Å²) in [5.74, 6) is -10.9. The van der Waals surface area contributed by atoms with E-state index in [-0.39, 0.29) is 126 Å². The Morgan fingerprint density at radius 3 is 1.51 bits per heavy atom. The number of rotatable bonds is 48. The van der Waals surface area contributed by atoms with Gasteiger partial charge in [0.25, 0.3) is 0 Å². The maximum atomic E-state index is 15.0. The molecule has 0 bridgehead atoms. The number of nitrogens with zero attached hydrogens (tertiary/aromatic N) is 3. The number of unbranched alkanes of at least 4 members (excludes halogenated alkanes) is 2. The third-order valence-electron chi connectivity index (χ3n) is 17.1. The highest BCUT2D eigenvalue weighted by molar-refractivity contribution is 5.99. The van der Waals surface area contributed by atoms with Gasteiger partial charge in [0.05, 0.1) is 19.1 Å². The molecule has 103 heavy (non-hydrogen) atoms. The Morgan fingerprint density at radius 1 is 0.515 bits per heavy atom. The van der Waals surface area contributed by atoms with Gasteiger partial charge >= 0.3 is 5.97 Å². The van der Waals surface area contributed by atoms with Gasteiger partial charge in [-0.25, -0.2) is 4.79 Å². The van der Waals surface area contributed by atoms with Crippen LogP contribution in [0.3, 0.4) is 0 Å². The Kier molecular flexibility index (Phi) is 39.7. The number of carbonyl (C=O) groups excluding carboxylic acids is 11. The molecule has 1 aliphatic rings. The van der Waals surface area contributed by atoms with E-state index in [9.17, 15) is 67.7 Å². The molecule has 11 amide bonds. The quantitative estimate of drug-likeness (QED) is 0.0181. The van der Waals surface area contributed by atoms with E-state index in [1.54, 1.807) is 70.2 Å². The van der Waals surface area contributed by atoms with E-state index >= 15 is 0 Å². The van der Waals surface area contributed by atoms with Crippen LogP contribution in [0.25, 0.3) is 0 Å². The van der Waals surface area contributed by atoms with Gasteiger partial charge in [-0.15, -0.1) is 0 Å². The molecule has 1 fully saturated rings. The molecule has 3 rings (SSSR count). The number of nitrogens with two attached hydrogens (primary N) is 7. The molecule has 574 valence electrons. The van der Waals surface area contributed by atoms with Crippen molar-refractivity contribution in [3.63, 3.8) is 0 Å². The van der Waals surface area contributed by atoms with Crippen molar-refractivity contribution >= 4 is 82.9 Å². The molecule has 0 unspecified atom stereocenters. The zero-order valence-corrected chi connectivity index (χ0v) is 60.3. The average molecular weight is 1450 g/mol. The summed E-state index contributed by atoms with van der Waals surface area (Å²) in [4.78, 5) is 177. The molecule has 34 heteroatoms. The van der Waals surface area contributed by atoms with E-state index in [2.05, 4.69) is 63.2 Å². The molecular formula is C69H114N20O14. The second kappa shape index (κ2) is 46.7. The van der Waals surface area contributed by atoms with Crippen molar-refractivity contribution in [3.05, 3.63) is 65.7 Å². The lowest BCUT2D eigenvalue weighted by molar-refractivity contribution is -0.143. The predicted octanol–water partition coefficient (Wildman–Crippen LogP) is -2.81. The molecule has 0 aromatic heterocycles. The third kappa shape index (κ3) is 33.3. The van der Waals surface area contributed by atoms with E-state index < -0.39 is 150 Å². The topological polar surface area (TPSA) is 576 Å². The SMILES string of the molecule is CC[C@H](C)[C@H](NC(=O)[C@H](CCCN=C(N)N)NC(=O)[C@H](CC(C)C)NC(=O)[C@H](Cc1ccccc1)NC(=O)CNC(=O)CNC(=O)[C@@H](N)Cc1ccc(O)cc1)C(=O)N[C@@H](CCCN=C(N)N)C(=O)N1CCC[C@H]1C(=O)N[C@@H](CCCCN)C(=O)N[C@@H](CC(C)C)C(=O)N[C@@H](CCCCN)C(=O)O. The number of hydrogen-bond donors (Lipinski definition) is 19. The smallest absolute Gasteiger partial charge is 0.326 e. The minimum atomic E-state index is -1.41. The number of benzene rings is 2. The van der Waals surface area contributed by atoms with Crippen LogP contribution in [0.15, 0.2) is 64.6 Å². The maximum absolute atomic E-state index is 15.0.